The van der Waals surface area contributed by atoms with Gasteiger partial charge in [-0.1, -0.05) is 12.1 Å². The van der Waals surface area contributed by atoms with Gasteiger partial charge in [-0.15, -0.1) is 0 Å². The zero-order valence-corrected chi connectivity index (χ0v) is 14.6. The minimum absolute atomic E-state index is 0.0550. The first kappa shape index (κ1) is 18.7. The number of ether oxygens (including phenoxy) is 1. The lowest BCUT2D eigenvalue weighted by atomic mass is 10.1. The normalized spacial score (nSPS) is 10.9. The Morgan fingerprint density at radius 1 is 1.31 bits per heavy atom. The number of aryl methyl sites for hydroxylation is 1. The van der Waals surface area contributed by atoms with Gasteiger partial charge in [-0.05, 0) is 25.1 Å². The predicted molar refractivity (Wildman–Crippen MR) is 96.8 cm³/mol. The van der Waals surface area contributed by atoms with E-state index in [0.29, 0.717) is 18.0 Å². The van der Waals surface area contributed by atoms with E-state index in [0.717, 1.165) is 10.6 Å². The molecule has 0 bridgehead atoms. The van der Waals surface area contributed by atoms with E-state index >= 15 is 0 Å². The highest BCUT2D eigenvalue weighted by Crippen LogP contribution is 2.24. The van der Waals surface area contributed by atoms with Crippen molar-refractivity contribution in [1.29, 1.82) is 5.26 Å². The zero-order valence-electron chi connectivity index (χ0n) is 14.6. The van der Waals surface area contributed by atoms with Crippen molar-refractivity contribution in [1.82, 2.24) is 9.13 Å². The first-order valence-corrected chi connectivity index (χ1v) is 7.80. The summed E-state index contributed by atoms with van der Waals surface area (Å²) >= 11 is 0. The van der Waals surface area contributed by atoms with Gasteiger partial charge in [0.25, 0.3) is 11.5 Å². The van der Waals surface area contributed by atoms with Crippen molar-refractivity contribution in [3.8, 4) is 11.8 Å². The maximum absolute atomic E-state index is 12.4. The second-order valence-corrected chi connectivity index (χ2v) is 5.40. The van der Waals surface area contributed by atoms with Gasteiger partial charge >= 0.3 is 5.69 Å². The molecular weight excluding hydrogens is 336 g/mol. The maximum Gasteiger partial charge on any atom is 0.330 e. The van der Waals surface area contributed by atoms with Crippen LogP contribution in [-0.4, -0.2) is 21.6 Å². The number of carbonyl (C=O) groups is 1. The Labute approximate surface area is 149 Å². The Hall–Kier alpha value is -3.60. The topological polar surface area (TPSA) is 106 Å². The van der Waals surface area contributed by atoms with Gasteiger partial charge in [0.1, 0.15) is 17.4 Å². The smallest absolute Gasteiger partial charge is 0.330 e. The van der Waals surface area contributed by atoms with E-state index in [1.807, 2.05) is 6.92 Å². The SMILES string of the molecule is CCOc1ccccc1NC(=O)/C(C#N)=C/c1cn(C)c(=O)n(C)c1=O. The van der Waals surface area contributed by atoms with Crippen LogP contribution in [0.4, 0.5) is 5.69 Å². The van der Waals surface area contributed by atoms with E-state index in [9.17, 15) is 19.6 Å². The number of benzene rings is 1. The molecule has 1 heterocycles. The number of carbonyl (C=O) groups excluding carboxylic acids is 1. The number of para-hydroxylation sites is 2. The van der Waals surface area contributed by atoms with Crippen molar-refractivity contribution in [3.63, 3.8) is 0 Å². The summed E-state index contributed by atoms with van der Waals surface area (Å²) in [6.45, 7) is 2.23. The summed E-state index contributed by atoms with van der Waals surface area (Å²) in [5, 5.41) is 11.9. The molecule has 0 atom stereocenters. The van der Waals surface area contributed by atoms with Crippen molar-refractivity contribution in [3.05, 3.63) is 62.4 Å². The molecule has 0 aliphatic carbocycles. The fraction of sp³-hybridized carbons (Fsp3) is 0.222. The number of hydrogen-bond acceptors (Lipinski definition) is 5. The summed E-state index contributed by atoms with van der Waals surface area (Å²) in [5.74, 6) is -0.214. The number of anilines is 1. The largest absolute Gasteiger partial charge is 0.492 e. The summed E-state index contributed by atoms with van der Waals surface area (Å²) in [6.07, 6.45) is 2.43. The van der Waals surface area contributed by atoms with Crippen LogP contribution >= 0.6 is 0 Å². The number of amides is 1. The molecule has 8 heteroatoms. The van der Waals surface area contributed by atoms with Gasteiger partial charge in [0, 0.05) is 20.3 Å². The number of rotatable bonds is 5. The van der Waals surface area contributed by atoms with Crippen LogP contribution in [0, 0.1) is 11.3 Å². The first-order valence-electron chi connectivity index (χ1n) is 7.80. The lowest BCUT2D eigenvalue weighted by Crippen LogP contribution is -2.37. The standard InChI is InChI=1S/C18H18N4O4/c1-4-26-15-8-6-5-7-14(15)20-16(23)12(10-19)9-13-11-21(2)18(25)22(3)17(13)24/h5-9,11H,4H2,1-3H3,(H,20,23)/b12-9+. The first-order chi connectivity index (χ1) is 12.4. The highest BCUT2D eigenvalue weighted by Gasteiger charge is 2.14. The highest BCUT2D eigenvalue weighted by molar-refractivity contribution is 6.10. The van der Waals surface area contributed by atoms with E-state index in [2.05, 4.69) is 5.32 Å². The van der Waals surface area contributed by atoms with E-state index in [1.165, 1.54) is 24.9 Å². The molecule has 26 heavy (non-hydrogen) atoms. The number of hydrogen-bond donors (Lipinski definition) is 1. The van der Waals surface area contributed by atoms with Crippen LogP contribution in [0.3, 0.4) is 0 Å². The molecule has 134 valence electrons. The third kappa shape index (κ3) is 3.89. The molecule has 0 aliphatic rings. The number of nitrogens with zero attached hydrogens (tertiary/aromatic N) is 3. The Kier molecular flexibility index (Phi) is 5.75. The fourth-order valence-corrected chi connectivity index (χ4v) is 2.28. The minimum atomic E-state index is -0.685. The summed E-state index contributed by atoms with van der Waals surface area (Å²) in [6, 6.07) is 8.59. The van der Waals surface area contributed by atoms with Gasteiger partial charge in [0.15, 0.2) is 0 Å². The van der Waals surface area contributed by atoms with Crippen LogP contribution in [0.1, 0.15) is 12.5 Å². The number of nitrogens with one attached hydrogen (secondary N) is 1. The number of nitriles is 1. The molecular formula is C18H18N4O4. The van der Waals surface area contributed by atoms with E-state index in [4.69, 9.17) is 4.74 Å². The molecule has 0 radical (unpaired) electrons. The molecule has 0 saturated carbocycles. The minimum Gasteiger partial charge on any atom is -0.492 e. The summed E-state index contributed by atoms with van der Waals surface area (Å²) < 4.78 is 7.53. The average molecular weight is 354 g/mol. The molecule has 8 nitrogen and oxygen atoms in total. The monoisotopic (exact) mass is 354 g/mol. The van der Waals surface area contributed by atoms with Crippen LogP contribution < -0.4 is 21.3 Å². The van der Waals surface area contributed by atoms with Crippen molar-refractivity contribution in [2.45, 2.75) is 6.92 Å². The fourth-order valence-electron chi connectivity index (χ4n) is 2.28. The molecule has 2 aromatic rings. The van der Waals surface area contributed by atoms with Crippen molar-refractivity contribution < 1.29 is 9.53 Å². The van der Waals surface area contributed by atoms with Gasteiger partial charge in [-0.3, -0.25) is 14.2 Å². The van der Waals surface area contributed by atoms with Gasteiger partial charge in [0.2, 0.25) is 0 Å². The van der Waals surface area contributed by atoms with Crippen molar-refractivity contribution in [2.24, 2.45) is 14.1 Å². The van der Waals surface area contributed by atoms with Crippen LogP contribution in [0.5, 0.6) is 5.75 Å². The summed E-state index contributed by atoms with van der Waals surface area (Å²) in [5.41, 5.74) is -0.899. The van der Waals surface area contributed by atoms with Gasteiger partial charge in [-0.2, -0.15) is 5.26 Å². The van der Waals surface area contributed by atoms with E-state index < -0.39 is 17.2 Å². The molecule has 1 aromatic carbocycles. The molecule has 1 aromatic heterocycles. The summed E-state index contributed by atoms with van der Waals surface area (Å²) in [4.78, 5) is 36.3. The molecule has 0 aliphatic heterocycles. The third-order valence-corrected chi connectivity index (χ3v) is 3.57. The van der Waals surface area contributed by atoms with Crippen molar-refractivity contribution >= 4 is 17.7 Å². The maximum atomic E-state index is 12.4. The van der Waals surface area contributed by atoms with Crippen LogP contribution in [0.2, 0.25) is 0 Å². The molecule has 2 rings (SSSR count). The molecule has 0 spiro atoms. The molecule has 0 saturated heterocycles. The zero-order chi connectivity index (χ0) is 19.3. The van der Waals surface area contributed by atoms with Crippen LogP contribution in [-0.2, 0) is 18.9 Å². The van der Waals surface area contributed by atoms with Crippen molar-refractivity contribution in [2.75, 3.05) is 11.9 Å². The molecule has 0 fully saturated rings. The quantitative estimate of drug-likeness (QED) is 0.637. The second-order valence-electron chi connectivity index (χ2n) is 5.40. The third-order valence-electron chi connectivity index (χ3n) is 3.57. The molecule has 1 amide bonds. The Balaban J connectivity index is 2.40. The number of aromatic nitrogens is 2. The molecule has 0 unspecified atom stereocenters. The average Bonchev–Trinajstić information content (AvgIpc) is 2.63. The van der Waals surface area contributed by atoms with E-state index in [-0.39, 0.29) is 11.1 Å². The Morgan fingerprint density at radius 2 is 2.00 bits per heavy atom. The molecule has 1 N–H and O–H groups in total. The van der Waals surface area contributed by atoms with Gasteiger partial charge < -0.3 is 14.6 Å². The lowest BCUT2D eigenvalue weighted by molar-refractivity contribution is -0.112. The van der Waals surface area contributed by atoms with E-state index in [1.54, 1.807) is 30.3 Å². The van der Waals surface area contributed by atoms with Crippen LogP contribution in [0.25, 0.3) is 6.08 Å². The Bertz CT molecular complexity index is 1020. The van der Waals surface area contributed by atoms with Gasteiger partial charge in [0.05, 0.1) is 17.9 Å². The van der Waals surface area contributed by atoms with Gasteiger partial charge in [-0.25, -0.2) is 4.79 Å². The lowest BCUT2D eigenvalue weighted by Gasteiger charge is -2.10. The Morgan fingerprint density at radius 3 is 2.65 bits per heavy atom. The van der Waals surface area contributed by atoms with Crippen LogP contribution in [0.15, 0.2) is 45.6 Å². The second kappa shape index (κ2) is 7.98. The highest BCUT2D eigenvalue weighted by atomic mass is 16.5. The predicted octanol–water partition coefficient (Wildman–Crippen LogP) is 1.03. The summed E-state index contributed by atoms with van der Waals surface area (Å²) in [7, 11) is 2.80.